The fourth-order valence-electron chi connectivity index (χ4n) is 3.04. The van der Waals surface area contributed by atoms with E-state index in [1.165, 1.54) is 12.1 Å². The molecule has 0 spiro atoms. The minimum Gasteiger partial charge on any atom is -0.319 e. The van der Waals surface area contributed by atoms with Crippen molar-refractivity contribution in [3.05, 3.63) is 87.4 Å². The van der Waals surface area contributed by atoms with Crippen molar-refractivity contribution < 1.29 is 8.78 Å². The first-order chi connectivity index (χ1) is 13.5. The molecule has 0 amide bonds. The lowest BCUT2D eigenvalue weighted by Crippen LogP contribution is -2.04. The molecule has 0 aliphatic heterocycles. The number of imidazole rings is 1. The molecule has 0 radical (unpaired) electrons. The lowest BCUT2D eigenvalue weighted by atomic mass is 10.1. The van der Waals surface area contributed by atoms with Crippen molar-refractivity contribution >= 4 is 34.2 Å². The zero-order valence-corrected chi connectivity index (χ0v) is 15.8. The highest BCUT2D eigenvalue weighted by Crippen LogP contribution is 2.31. The maximum absolute atomic E-state index is 14.3. The van der Waals surface area contributed by atoms with Crippen LogP contribution in [0.25, 0.3) is 22.4 Å². The van der Waals surface area contributed by atoms with Gasteiger partial charge in [-0.25, -0.2) is 13.8 Å². The van der Waals surface area contributed by atoms with Crippen molar-refractivity contribution in [3.8, 4) is 17.5 Å². The molecule has 0 aliphatic rings. The summed E-state index contributed by atoms with van der Waals surface area (Å²) in [6.45, 7) is 0.129. The molecule has 0 aliphatic carbocycles. The van der Waals surface area contributed by atoms with Crippen molar-refractivity contribution in [2.45, 2.75) is 6.54 Å². The number of nitrogens with zero attached hydrogens (tertiary/aromatic N) is 3. The first-order valence-electron chi connectivity index (χ1n) is 8.26. The predicted octanol–water partition coefficient (Wildman–Crippen LogP) is 6.21. The highest BCUT2D eigenvalue weighted by molar-refractivity contribution is 6.42. The number of fused-ring (bicyclic) bond motifs is 1. The monoisotopic (exact) mass is 413 g/mol. The quantitative estimate of drug-likeness (QED) is 0.400. The van der Waals surface area contributed by atoms with Crippen molar-refractivity contribution in [3.63, 3.8) is 0 Å². The molecule has 0 N–H and O–H groups in total. The van der Waals surface area contributed by atoms with E-state index in [2.05, 4.69) is 11.1 Å². The summed E-state index contributed by atoms with van der Waals surface area (Å²) in [7, 11) is 0. The molecule has 3 nitrogen and oxygen atoms in total. The molecule has 1 aromatic heterocycles. The minimum atomic E-state index is -0.643. The zero-order valence-electron chi connectivity index (χ0n) is 14.3. The van der Waals surface area contributed by atoms with E-state index in [4.69, 9.17) is 28.5 Å². The highest BCUT2D eigenvalue weighted by Gasteiger charge is 2.16. The molecule has 0 bridgehead atoms. The smallest absolute Gasteiger partial charge is 0.141 e. The van der Waals surface area contributed by atoms with Crippen LogP contribution in [-0.4, -0.2) is 9.55 Å². The predicted molar refractivity (Wildman–Crippen MR) is 105 cm³/mol. The summed E-state index contributed by atoms with van der Waals surface area (Å²) in [5.74, 6) is -0.747. The van der Waals surface area contributed by atoms with E-state index in [1.54, 1.807) is 41.0 Å². The highest BCUT2D eigenvalue weighted by atomic mass is 35.5. The van der Waals surface area contributed by atoms with Crippen molar-refractivity contribution in [1.29, 1.82) is 5.26 Å². The second kappa shape index (κ2) is 7.23. The number of rotatable bonds is 3. The summed E-state index contributed by atoms with van der Waals surface area (Å²) in [4.78, 5) is 4.62. The van der Waals surface area contributed by atoms with Crippen LogP contribution in [0.2, 0.25) is 10.0 Å². The van der Waals surface area contributed by atoms with E-state index in [-0.39, 0.29) is 6.54 Å². The van der Waals surface area contributed by atoms with Gasteiger partial charge >= 0.3 is 0 Å². The summed E-state index contributed by atoms with van der Waals surface area (Å²) >= 11 is 12.2. The summed E-state index contributed by atoms with van der Waals surface area (Å²) in [5.41, 5.74) is 2.76. The molecule has 0 saturated carbocycles. The van der Waals surface area contributed by atoms with Gasteiger partial charge in [0.25, 0.3) is 0 Å². The third kappa shape index (κ3) is 3.33. The average molecular weight is 414 g/mol. The van der Waals surface area contributed by atoms with Crippen LogP contribution in [0.1, 0.15) is 11.1 Å². The first kappa shape index (κ1) is 18.4. The van der Waals surface area contributed by atoms with Gasteiger partial charge in [-0.2, -0.15) is 5.26 Å². The first-order valence-corrected chi connectivity index (χ1v) is 9.01. The van der Waals surface area contributed by atoms with Gasteiger partial charge in [-0.1, -0.05) is 29.3 Å². The second-order valence-corrected chi connectivity index (χ2v) is 7.02. The van der Waals surface area contributed by atoms with Crippen molar-refractivity contribution in [2.24, 2.45) is 0 Å². The van der Waals surface area contributed by atoms with Crippen molar-refractivity contribution in [2.75, 3.05) is 0 Å². The van der Waals surface area contributed by atoms with Gasteiger partial charge in [-0.05, 0) is 42.5 Å². The molecule has 4 aromatic rings. The number of halogens is 4. The van der Waals surface area contributed by atoms with E-state index in [0.717, 1.165) is 6.07 Å². The number of nitriles is 1. The average Bonchev–Trinajstić information content (AvgIpc) is 3.03. The molecular formula is C21H11Cl2F2N3. The Balaban J connectivity index is 1.93. The maximum atomic E-state index is 14.3. The Morgan fingerprint density at radius 2 is 1.79 bits per heavy atom. The number of hydrogen-bond acceptors (Lipinski definition) is 2. The lowest BCUT2D eigenvalue weighted by molar-refractivity contribution is 0.568. The second-order valence-electron chi connectivity index (χ2n) is 6.20. The van der Waals surface area contributed by atoms with Crippen LogP contribution in [0, 0.1) is 23.0 Å². The molecule has 3 aromatic carbocycles. The lowest BCUT2D eigenvalue weighted by Gasteiger charge is -2.11. The van der Waals surface area contributed by atoms with Gasteiger partial charge in [0.2, 0.25) is 0 Å². The summed E-state index contributed by atoms with van der Waals surface area (Å²) in [6, 6.07) is 15.7. The van der Waals surface area contributed by atoms with Gasteiger partial charge < -0.3 is 4.57 Å². The third-order valence-electron chi connectivity index (χ3n) is 4.40. The zero-order chi connectivity index (χ0) is 19.8. The Labute approximate surface area is 169 Å². The van der Waals surface area contributed by atoms with Gasteiger partial charge in [0.1, 0.15) is 17.5 Å². The third-order valence-corrected chi connectivity index (χ3v) is 5.14. The Hall–Kier alpha value is -2.94. The number of aromatic nitrogens is 2. The van der Waals surface area contributed by atoms with Gasteiger partial charge in [0.05, 0.1) is 39.3 Å². The summed E-state index contributed by atoms with van der Waals surface area (Å²) in [5, 5.41) is 9.92. The molecule has 28 heavy (non-hydrogen) atoms. The van der Waals surface area contributed by atoms with E-state index in [9.17, 15) is 8.78 Å². The molecule has 0 atom stereocenters. The Morgan fingerprint density at radius 3 is 2.50 bits per heavy atom. The molecule has 138 valence electrons. The molecule has 0 fully saturated rings. The molecule has 4 rings (SSSR count). The van der Waals surface area contributed by atoms with Crippen LogP contribution in [0.15, 0.2) is 54.6 Å². The number of benzene rings is 3. The van der Waals surface area contributed by atoms with E-state index in [1.807, 2.05) is 0 Å². The summed E-state index contributed by atoms with van der Waals surface area (Å²) < 4.78 is 29.3. The molecular weight excluding hydrogens is 403 g/mol. The van der Waals surface area contributed by atoms with Crippen LogP contribution < -0.4 is 0 Å². The van der Waals surface area contributed by atoms with E-state index >= 15 is 0 Å². The standard InChI is InChI=1S/C21H11Cl2F2N3/c22-16-5-3-13(8-17(16)23)21-27-19-7-12(10-26)1-6-20(19)28(21)11-14-2-4-15(24)9-18(14)25/h1-9H,11H2. The maximum Gasteiger partial charge on any atom is 0.141 e. The fraction of sp³-hybridized carbons (Fsp3) is 0.0476. The van der Waals surface area contributed by atoms with Gasteiger partial charge in [0, 0.05) is 17.2 Å². The van der Waals surface area contributed by atoms with E-state index < -0.39 is 11.6 Å². The topological polar surface area (TPSA) is 41.6 Å². The number of hydrogen-bond donors (Lipinski definition) is 0. The van der Waals surface area contributed by atoms with Crippen molar-refractivity contribution in [1.82, 2.24) is 9.55 Å². The Morgan fingerprint density at radius 1 is 0.964 bits per heavy atom. The Bertz CT molecular complexity index is 1260. The van der Waals surface area contributed by atoms with Gasteiger partial charge in [-0.15, -0.1) is 0 Å². The van der Waals surface area contributed by atoms with Crippen LogP contribution in [0.4, 0.5) is 8.78 Å². The van der Waals surface area contributed by atoms with Crippen LogP contribution in [-0.2, 0) is 6.54 Å². The fourth-order valence-corrected chi connectivity index (χ4v) is 3.33. The SMILES string of the molecule is N#Cc1ccc2c(c1)nc(-c1ccc(Cl)c(Cl)c1)n2Cc1ccc(F)cc1F. The van der Waals surface area contributed by atoms with Crippen LogP contribution in [0.3, 0.4) is 0 Å². The summed E-state index contributed by atoms with van der Waals surface area (Å²) in [6.07, 6.45) is 0. The minimum absolute atomic E-state index is 0.129. The normalized spacial score (nSPS) is 11.0. The molecule has 7 heteroatoms. The van der Waals surface area contributed by atoms with Gasteiger partial charge in [0.15, 0.2) is 0 Å². The molecule has 1 heterocycles. The van der Waals surface area contributed by atoms with E-state index in [0.29, 0.717) is 43.6 Å². The van der Waals surface area contributed by atoms with Crippen LogP contribution >= 0.6 is 23.2 Å². The molecule has 0 unspecified atom stereocenters. The Kier molecular flexibility index (Phi) is 4.76. The largest absolute Gasteiger partial charge is 0.319 e. The molecule has 0 saturated heterocycles. The van der Waals surface area contributed by atoms with Crippen LogP contribution in [0.5, 0.6) is 0 Å². The van der Waals surface area contributed by atoms with Gasteiger partial charge in [-0.3, -0.25) is 0 Å².